The summed E-state index contributed by atoms with van der Waals surface area (Å²) in [7, 11) is 3.21. The van der Waals surface area contributed by atoms with Gasteiger partial charge in [-0.15, -0.1) is 10.2 Å². The first-order valence-electron chi connectivity index (χ1n) is 11.6. The molecule has 3 aromatic rings. The highest BCUT2D eigenvalue weighted by Crippen LogP contribution is 2.29. The molecule has 1 amide bonds. The Labute approximate surface area is 210 Å². The van der Waals surface area contributed by atoms with Crippen LogP contribution in [0.25, 0.3) is 5.69 Å². The van der Waals surface area contributed by atoms with Gasteiger partial charge < -0.3 is 24.0 Å². The molecule has 1 aromatic heterocycles. The minimum Gasteiger partial charge on any atom is -0.493 e. The second kappa shape index (κ2) is 11.9. The number of benzene rings is 2. The van der Waals surface area contributed by atoms with Gasteiger partial charge in [0.25, 0.3) is 0 Å². The molecule has 0 aliphatic carbocycles. The fraction of sp³-hybridized carbons (Fsp3) is 0.400. The van der Waals surface area contributed by atoms with Gasteiger partial charge in [0.05, 0.1) is 38.9 Å². The van der Waals surface area contributed by atoms with Crippen LogP contribution in [-0.2, 0) is 16.1 Å². The Morgan fingerprint density at radius 2 is 1.80 bits per heavy atom. The van der Waals surface area contributed by atoms with Crippen molar-refractivity contribution in [3.8, 4) is 17.2 Å². The van der Waals surface area contributed by atoms with Gasteiger partial charge in [0.2, 0.25) is 11.9 Å². The third kappa shape index (κ3) is 5.88. The topological polar surface area (TPSA) is 82.0 Å². The average Bonchev–Trinajstić information content (AvgIpc) is 3.35. The van der Waals surface area contributed by atoms with E-state index in [0.717, 1.165) is 30.3 Å². The SMILES string of the molecule is CCN(Cc1ccc(OC)c(OC)c1)C(=O)CSc1nnc(N2CCOCC2)n1-c1ccccc1. The zero-order chi connectivity index (χ0) is 24.6. The van der Waals surface area contributed by atoms with Crippen LogP contribution in [0.2, 0.25) is 0 Å². The lowest BCUT2D eigenvalue weighted by molar-refractivity contribution is -0.128. The number of para-hydroxylation sites is 1. The highest BCUT2D eigenvalue weighted by Gasteiger charge is 2.23. The molecule has 2 heterocycles. The molecule has 9 nitrogen and oxygen atoms in total. The summed E-state index contributed by atoms with van der Waals surface area (Å²) < 4.78 is 18.2. The van der Waals surface area contributed by atoms with Crippen LogP contribution in [0.1, 0.15) is 12.5 Å². The van der Waals surface area contributed by atoms with E-state index in [1.165, 1.54) is 11.8 Å². The number of carbonyl (C=O) groups is 1. The number of morpholine rings is 1. The Hall–Kier alpha value is -3.24. The quantitative estimate of drug-likeness (QED) is 0.395. The van der Waals surface area contributed by atoms with Crippen molar-refractivity contribution in [3.05, 3.63) is 54.1 Å². The molecular weight excluding hydrogens is 466 g/mol. The zero-order valence-electron chi connectivity index (χ0n) is 20.3. The summed E-state index contributed by atoms with van der Waals surface area (Å²) in [5.41, 5.74) is 1.94. The molecule has 0 bridgehead atoms. The summed E-state index contributed by atoms with van der Waals surface area (Å²) in [5.74, 6) is 2.37. The lowest BCUT2D eigenvalue weighted by Crippen LogP contribution is -2.37. The Balaban J connectivity index is 1.49. The van der Waals surface area contributed by atoms with Crippen LogP contribution in [0.4, 0.5) is 5.95 Å². The van der Waals surface area contributed by atoms with Crippen molar-refractivity contribution >= 4 is 23.6 Å². The molecular formula is C25H31N5O4S. The third-order valence-corrected chi connectivity index (χ3v) is 6.72. The number of ether oxygens (including phenoxy) is 3. The molecule has 2 aromatic carbocycles. The largest absolute Gasteiger partial charge is 0.493 e. The first kappa shape index (κ1) is 24.9. The Bertz CT molecular complexity index is 1120. The minimum absolute atomic E-state index is 0.0304. The molecule has 0 unspecified atom stereocenters. The first-order valence-corrected chi connectivity index (χ1v) is 12.6. The maximum absolute atomic E-state index is 13.2. The van der Waals surface area contributed by atoms with E-state index >= 15 is 0 Å². The van der Waals surface area contributed by atoms with E-state index in [1.807, 2.05) is 64.9 Å². The average molecular weight is 498 g/mol. The minimum atomic E-state index is 0.0304. The molecule has 1 aliphatic rings. The molecule has 1 saturated heterocycles. The van der Waals surface area contributed by atoms with Crippen molar-refractivity contribution in [3.63, 3.8) is 0 Å². The van der Waals surface area contributed by atoms with E-state index in [4.69, 9.17) is 14.2 Å². The smallest absolute Gasteiger partial charge is 0.233 e. The number of nitrogens with zero attached hydrogens (tertiary/aromatic N) is 5. The number of hydrogen-bond acceptors (Lipinski definition) is 8. The molecule has 0 saturated carbocycles. The van der Waals surface area contributed by atoms with Crippen LogP contribution < -0.4 is 14.4 Å². The first-order chi connectivity index (χ1) is 17.1. The summed E-state index contributed by atoms with van der Waals surface area (Å²) in [5, 5.41) is 9.61. The number of carbonyl (C=O) groups excluding carboxylic acids is 1. The van der Waals surface area contributed by atoms with Crippen molar-refractivity contribution in [2.24, 2.45) is 0 Å². The number of aromatic nitrogens is 3. The third-order valence-electron chi connectivity index (χ3n) is 5.81. The molecule has 10 heteroatoms. The molecule has 4 rings (SSSR count). The molecule has 0 N–H and O–H groups in total. The van der Waals surface area contributed by atoms with Crippen molar-refractivity contribution in [2.75, 3.05) is 57.7 Å². The second-order valence-electron chi connectivity index (χ2n) is 7.94. The van der Waals surface area contributed by atoms with Crippen molar-refractivity contribution in [1.82, 2.24) is 19.7 Å². The molecule has 1 fully saturated rings. The normalized spacial score (nSPS) is 13.5. The summed E-state index contributed by atoms with van der Waals surface area (Å²) >= 11 is 1.40. The number of rotatable bonds is 10. The van der Waals surface area contributed by atoms with Gasteiger partial charge in [-0.05, 0) is 36.8 Å². The van der Waals surface area contributed by atoms with Gasteiger partial charge in [0.15, 0.2) is 16.7 Å². The lowest BCUT2D eigenvalue weighted by atomic mass is 10.2. The van der Waals surface area contributed by atoms with Crippen molar-refractivity contribution in [2.45, 2.75) is 18.6 Å². The standard InChI is InChI=1S/C25H31N5O4S/c1-4-28(17-19-10-11-21(32-2)22(16-19)33-3)23(31)18-35-25-27-26-24(29-12-14-34-15-13-29)30(25)20-8-6-5-7-9-20/h5-11,16H,4,12-15,17-18H2,1-3H3. The van der Waals surface area contributed by atoms with E-state index in [1.54, 1.807) is 14.2 Å². The van der Waals surface area contributed by atoms with E-state index < -0.39 is 0 Å². The predicted octanol–water partition coefficient (Wildman–Crippen LogP) is 3.26. The van der Waals surface area contributed by atoms with Gasteiger partial charge in [-0.3, -0.25) is 9.36 Å². The fourth-order valence-corrected chi connectivity index (χ4v) is 4.77. The van der Waals surface area contributed by atoms with Crippen molar-refractivity contribution < 1.29 is 19.0 Å². The van der Waals surface area contributed by atoms with Crippen molar-refractivity contribution in [1.29, 1.82) is 0 Å². The van der Waals surface area contributed by atoms with Gasteiger partial charge in [-0.25, -0.2) is 0 Å². The zero-order valence-corrected chi connectivity index (χ0v) is 21.2. The van der Waals surface area contributed by atoms with Crippen LogP contribution in [0.3, 0.4) is 0 Å². The number of thioether (sulfide) groups is 1. The summed E-state index contributed by atoms with van der Waals surface area (Å²) in [6.07, 6.45) is 0. The predicted molar refractivity (Wildman–Crippen MR) is 136 cm³/mol. The van der Waals surface area contributed by atoms with Crippen LogP contribution in [0.15, 0.2) is 53.7 Å². The molecule has 0 radical (unpaired) electrons. The Kier molecular flexibility index (Phi) is 8.49. The summed E-state index contributed by atoms with van der Waals surface area (Å²) in [4.78, 5) is 17.1. The summed E-state index contributed by atoms with van der Waals surface area (Å²) in [6.45, 7) is 5.88. The molecule has 0 spiro atoms. The lowest BCUT2D eigenvalue weighted by Gasteiger charge is -2.28. The molecule has 186 valence electrons. The molecule has 0 atom stereocenters. The number of anilines is 1. The van der Waals surface area contributed by atoms with E-state index in [0.29, 0.717) is 43.0 Å². The van der Waals surface area contributed by atoms with Gasteiger partial charge in [-0.2, -0.15) is 0 Å². The summed E-state index contributed by atoms with van der Waals surface area (Å²) in [6, 6.07) is 15.7. The number of amides is 1. The van der Waals surface area contributed by atoms with E-state index in [2.05, 4.69) is 15.1 Å². The maximum Gasteiger partial charge on any atom is 0.233 e. The molecule has 35 heavy (non-hydrogen) atoms. The fourth-order valence-electron chi connectivity index (χ4n) is 3.92. The van der Waals surface area contributed by atoms with Crippen LogP contribution >= 0.6 is 11.8 Å². The van der Waals surface area contributed by atoms with Gasteiger partial charge >= 0.3 is 0 Å². The highest BCUT2D eigenvalue weighted by atomic mass is 32.2. The second-order valence-corrected chi connectivity index (χ2v) is 8.88. The highest BCUT2D eigenvalue weighted by molar-refractivity contribution is 7.99. The number of methoxy groups -OCH3 is 2. The Morgan fingerprint density at radius 3 is 2.49 bits per heavy atom. The number of hydrogen-bond donors (Lipinski definition) is 0. The monoisotopic (exact) mass is 497 g/mol. The van der Waals surface area contributed by atoms with E-state index in [9.17, 15) is 4.79 Å². The Morgan fingerprint density at radius 1 is 1.06 bits per heavy atom. The van der Waals surface area contributed by atoms with Crippen LogP contribution in [-0.4, -0.2) is 78.4 Å². The molecule has 1 aliphatic heterocycles. The van der Waals surface area contributed by atoms with E-state index in [-0.39, 0.29) is 11.7 Å². The van der Waals surface area contributed by atoms with Crippen LogP contribution in [0.5, 0.6) is 11.5 Å². The maximum atomic E-state index is 13.2. The van der Waals surface area contributed by atoms with Crippen LogP contribution in [0, 0.1) is 0 Å². The van der Waals surface area contributed by atoms with Gasteiger partial charge in [-0.1, -0.05) is 36.0 Å². The van der Waals surface area contributed by atoms with Gasteiger partial charge in [0, 0.05) is 26.2 Å². The van der Waals surface area contributed by atoms with Gasteiger partial charge in [0.1, 0.15) is 0 Å².